The number of rotatable bonds is 7. The summed E-state index contributed by atoms with van der Waals surface area (Å²) in [5.41, 5.74) is 2.12. The molecule has 0 amide bonds. The quantitative estimate of drug-likeness (QED) is 0.531. The summed E-state index contributed by atoms with van der Waals surface area (Å²) >= 11 is 0. The number of ether oxygens (including phenoxy) is 1. The zero-order valence-corrected chi connectivity index (χ0v) is 17.0. The van der Waals surface area contributed by atoms with Gasteiger partial charge in [0.05, 0.1) is 6.54 Å². The van der Waals surface area contributed by atoms with E-state index in [1.54, 1.807) is 7.05 Å². The van der Waals surface area contributed by atoms with Crippen LogP contribution in [-0.4, -0.2) is 49.8 Å². The molecule has 1 aliphatic heterocycles. The van der Waals surface area contributed by atoms with Crippen molar-refractivity contribution in [3.8, 4) is 5.75 Å². The molecule has 2 aromatic carbocycles. The second-order valence-electron chi connectivity index (χ2n) is 7.33. The van der Waals surface area contributed by atoms with E-state index in [0.717, 1.165) is 16.9 Å². The van der Waals surface area contributed by atoms with Gasteiger partial charge in [-0.25, -0.2) is 0 Å². The summed E-state index contributed by atoms with van der Waals surface area (Å²) in [7, 11) is 1.65. The number of likely N-dealkylation sites (tertiary alicyclic amines) is 1. The molecule has 0 aromatic heterocycles. The Morgan fingerprint density at radius 3 is 2.63 bits per heavy atom. The summed E-state index contributed by atoms with van der Waals surface area (Å²) in [6.07, 6.45) is -3.51. The first-order valence-corrected chi connectivity index (χ1v) is 9.93. The van der Waals surface area contributed by atoms with Gasteiger partial charge in [-0.3, -0.25) is 9.89 Å². The van der Waals surface area contributed by atoms with E-state index in [1.165, 1.54) is 4.90 Å². The smallest absolute Gasteiger partial charge is 0.401 e. The minimum absolute atomic E-state index is 0.0564. The van der Waals surface area contributed by atoms with Crippen LogP contribution >= 0.6 is 0 Å². The van der Waals surface area contributed by atoms with Crippen LogP contribution in [0.5, 0.6) is 5.75 Å². The highest BCUT2D eigenvalue weighted by atomic mass is 19.4. The lowest BCUT2D eigenvalue weighted by molar-refractivity contribution is -0.143. The monoisotopic (exact) mass is 420 g/mol. The highest BCUT2D eigenvalue weighted by Crippen LogP contribution is 2.20. The van der Waals surface area contributed by atoms with E-state index < -0.39 is 12.7 Å². The molecule has 0 saturated carbocycles. The molecule has 1 atom stereocenters. The van der Waals surface area contributed by atoms with Crippen LogP contribution in [0.2, 0.25) is 0 Å². The van der Waals surface area contributed by atoms with Gasteiger partial charge in [-0.1, -0.05) is 42.5 Å². The molecule has 2 aromatic rings. The van der Waals surface area contributed by atoms with Gasteiger partial charge in [0, 0.05) is 32.7 Å². The topological polar surface area (TPSA) is 48.9 Å². The van der Waals surface area contributed by atoms with E-state index in [2.05, 4.69) is 15.6 Å². The SMILES string of the molecule is CN=C(NCc1cccc(OCc2ccccc2)c1)NC1CCN(CC(F)(F)F)C1. The summed E-state index contributed by atoms with van der Waals surface area (Å²) in [4.78, 5) is 5.60. The molecule has 0 radical (unpaired) electrons. The summed E-state index contributed by atoms with van der Waals surface area (Å²) in [6.45, 7) is 0.934. The fourth-order valence-corrected chi connectivity index (χ4v) is 3.41. The Kier molecular flexibility index (Phi) is 7.57. The lowest BCUT2D eigenvalue weighted by Gasteiger charge is -2.20. The van der Waals surface area contributed by atoms with Gasteiger partial charge in [-0.15, -0.1) is 0 Å². The Labute approximate surface area is 174 Å². The first-order valence-electron chi connectivity index (χ1n) is 9.93. The zero-order valence-electron chi connectivity index (χ0n) is 17.0. The molecule has 1 fully saturated rings. The third-order valence-corrected chi connectivity index (χ3v) is 4.85. The van der Waals surface area contributed by atoms with Crippen LogP contribution in [0.15, 0.2) is 59.6 Å². The molecular formula is C22H27F3N4O. The Morgan fingerprint density at radius 2 is 1.90 bits per heavy atom. The fraction of sp³-hybridized carbons (Fsp3) is 0.409. The van der Waals surface area contributed by atoms with Gasteiger partial charge in [0.2, 0.25) is 0 Å². The molecule has 8 heteroatoms. The van der Waals surface area contributed by atoms with Crippen molar-refractivity contribution in [2.45, 2.75) is 31.8 Å². The van der Waals surface area contributed by atoms with Crippen LogP contribution in [-0.2, 0) is 13.2 Å². The Balaban J connectivity index is 1.46. The van der Waals surface area contributed by atoms with E-state index in [9.17, 15) is 13.2 Å². The maximum absolute atomic E-state index is 12.5. The third-order valence-electron chi connectivity index (χ3n) is 4.85. The normalized spacial score (nSPS) is 17.7. The average Bonchev–Trinajstić information content (AvgIpc) is 3.15. The molecule has 0 bridgehead atoms. The van der Waals surface area contributed by atoms with Crippen molar-refractivity contribution in [1.82, 2.24) is 15.5 Å². The molecule has 30 heavy (non-hydrogen) atoms. The molecule has 3 rings (SSSR count). The van der Waals surface area contributed by atoms with Gasteiger partial charge in [0.1, 0.15) is 12.4 Å². The number of halogens is 3. The predicted molar refractivity (Wildman–Crippen MR) is 111 cm³/mol. The number of benzene rings is 2. The molecule has 0 aliphatic carbocycles. The number of alkyl halides is 3. The van der Waals surface area contributed by atoms with E-state index in [1.807, 2.05) is 54.6 Å². The lowest BCUT2D eigenvalue weighted by Crippen LogP contribution is -2.44. The molecule has 162 valence electrons. The number of hydrogen-bond acceptors (Lipinski definition) is 3. The minimum Gasteiger partial charge on any atom is -0.489 e. The van der Waals surface area contributed by atoms with Gasteiger partial charge >= 0.3 is 6.18 Å². The van der Waals surface area contributed by atoms with Crippen LogP contribution in [0.1, 0.15) is 17.5 Å². The minimum atomic E-state index is -4.16. The predicted octanol–water partition coefficient (Wildman–Crippen LogP) is 3.57. The summed E-state index contributed by atoms with van der Waals surface area (Å²) in [5.74, 6) is 1.35. The van der Waals surface area contributed by atoms with Crippen molar-refractivity contribution in [2.75, 3.05) is 26.7 Å². The van der Waals surface area contributed by atoms with E-state index >= 15 is 0 Å². The number of guanidine groups is 1. The fourth-order valence-electron chi connectivity index (χ4n) is 3.41. The number of hydrogen-bond donors (Lipinski definition) is 2. The second kappa shape index (κ2) is 10.3. The summed E-state index contributed by atoms with van der Waals surface area (Å²) in [6, 6.07) is 17.7. The van der Waals surface area contributed by atoms with Crippen molar-refractivity contribution in [3.63, 3.8) is 0 Å². The average molecular weight is 420 g/mol. The first-order chi connectivity index (χ1) is 14.4. The zero-order chi connectivity index (χ0) is 21.4. The third kappa shape index (κ3) is 7.26. The van der Waals surface area contributed by atoms with Crippen LogP contribution in [0.3, 0.4) is 0 Å². The molecule has 5 nitrogen and oxygen atoms in total. The lowest BCUT2D eigenvalue weighted by atomic mass is 10.2. The second-order valence-corrected chi connectivity index (χ2v) is 7.33. The van der Waals surface area contributed by atoms with Crippen molar-refractivity contribution in [3.05, 3.63) is 65.7 Å². The van der Waals surface area contributed by atoms with Gasteiger partial charge in [-0.05, 0) is 29.7 Å². The standard InChI is InChI=1S/C22H27F3N4O/c1-26-21(28-19-10-11-29(14-19)16-22(23,24)25)27-13-18-8-5-9-20(12-18)30-15-17-6-3-2-4-7-17/h2-9,12,19H,10-11,13-16H2,1H3,(H2,26,27,28). The molecule has 1 unspecified atom stereocenters. The molecule has 1 aliphatic rings. The summed E-state index contributed by atoms with van der Waals surface area (Å²) in [5, 5.41) is 6.43. The van der Waals surface area contributed by atoms with Gasteiger partial charge in [0.25, 0.3) is 0 Å². The highest BCUT2D eigenvalue weighted by molar-refractivity contribution is 5.80. The largest absolute Gasteiger partial charge is 0.489 e. The highest BCUT2D eigenvalue weighted by Gasteiger charge is 2.34. The number of nitrogens with zero attached hydrogens (tertiary/aromatic N) is 2. The van der Waals surface area contributed by atoms with E-state index in [0.29, 0.717) is 38.6 Å². The van der Waals surface area contributed by atoms with Gasteiger partial charge in [0.15, 0.2) is 5.96 Å². The maximum Gasteiger partial charge on any atom is 0.401 e. The Morgan fingerprint density at radius 1 is 1.13 bits per heavy atom. The molecule has 1 heterocycles. The maximum atomic E-state index is 12.5. The van der Waals surface area contributed by atoms with Crippen molar-refractivity contribution < 1.29 is 17.9 Å². The Hall–Kier alpha value is -2.74. The van der Waals surface area contributed by atoms with E-state index in [4.69, 9.17) is 4.74 Å². The van der Waals surface area contributed by atoms with Crippen LogP contribution in [0.25, 0.3) is 0 Å². The van der Waals surface area contributed by atoms with Crippen LogP contribution < -0.4 is 15.4 Å². The first kappa shape index (κ1) is 22.0. The molecule has 0 spiro atoms. The number of aliphatic imine (C=N–C) groups is 1. The van der Waals surface area contributed by atoms with Crippen molar-refractivity contribution >= 4 is 5.96 Å². The van der Waals surface area contributed by atoms with Gasteiger partial charge in [-0.2, -0.15) is 13.2 Å². The van der Waals surface area contributed by atoms with Crippen LogP contribution in [0, 0.1) is 0 Å². The summed E-state index contributed by atoms with van der Waals surface area (Å²) < 4.78 is 43.5. The molecule has 2 N–H and O–H groups in total. The molecule has 1 saturated heterocycles. The molecular weight excluding hydrogens is 393 g/mol. The number of nitrogens with one attached hydrogen (secondary N) is 2. The van der Waals surface area contributed by atoms with Crippen molar-refractivity contribution in [2.24, 2.45) is 4.99 Å². The van der Waals surface area contributed by atoms with Gasteiger partial charge < -0.3 is 15.4 Å². The van der Waals surface area contributed by atoms with E-state index in [-0.39, 0.29) is 6.04 Å². The van der Waals surface area contributed by atoms with Crippen LogP contribution in [0.4, 0.5) is 13.2 Å². The van der Waals surface area contributed by atoms with Crippen molar-refractivity contribution in [1.29, 1.82) is 0 Å². The Bertz CT molecular complexity index is 827.